The first-order valence-corrected chi connectivity index (χ1v) is 8.43. The molecule has 116 valence electrons. The molecule has 1 aromatic carbocycles. The summed E-state index contributed by atoms with van der Waals surface area (Å²) in [5, 5.41) is 8.81. The highest BCUT2D eigenvalue weighted by Crippen LogP contribution is 2.14. The third kappa shape index (κ3) is 4.03. The number of morpholine rings is 1. The predicted molar refractivity (Wildman–Crippen MR) is 77.3 cm³/mol. The molecule has 1 heterocycles. The normalized spacial score (nSPS) is 20.3. The van der Waals surface area contributed by atoms with E-state index >= 15 is 0 Å². The molecule has 1 aromatic rings. The fourth-order valence-electron chi connectivity index (χ4n) is 2.25. The largest absolute Gasteiger partial charge is 0.478 e. The number of sulfone groups is 1. The molecule has 0 bridgehead atoms. The van der Waals surface area contributed by atoms with Gasteiger partial charge in [0.2, 0.25) is 0 Å². The molecule has 1 N–H and O–H groups in total. The summed E-state index contributed by atoms with van der Waals surface area (Å²) >= 11 is 0. The van der Waals surface area contributed by atoms with Crippen LogP contribution in [0.2, 0.25) is 0 Å². The van der Waals surface area contributed by atoms with Crippen molar-refractivity contribution < 1.29 is 23.1 Å². The van der Waals surface area contributed by atoms with Crippen LogP contribution in [0, 0.1) is 0 Å². The van der Waals surface area contributed by atoms with E-state index in [-0.39, 0.29) is 22.3 Å². The van der Waals surface area contributed by atoms with Crippen molar-refractivity contribution in [2.75, 3.05) is 32.1 Å². The minimum absolute atomic E-state index is 0.0176. The van der Waals surface area contributed by atoms with Gasteiger partial charge in [-0.05, 0) is 31.2 Å². The van der Waals surface area contributed by atoms with Crippen LogP contribution in [-0.2, 0) is 14.6 Å². The van der Waals surface area contributed by atoms with Crippen LogP contribution in [0.25, 0.3) is 0 Å². The molecule has 1 aliphatic rings. The number of hydrogen-bond acceptors (Lipinski definition) is 5. The van der Waals surface area contributed by atoms with Crippen LogP contribution in [0.3, 0.4) is 0 Å². The number of nitrogens with zero attached hydrogens (tertiary/aromatic N) is 1. The third-order valence-electron chi connectivity index (χ3n) is 3.61. The molecule has 0 radical (unpaired) electrons. The zero-order chi connectivity index (χ0) is 15.5. The Bertz CT molecular complexity index is 596. The minimum atomic E-state index is -3.40. The highest BCUT2D eigenvalue weighted by atomic mass is 32.2. The van der Waals surface area contributed by atoms with Crippen molar-refractivity contribution in [3.8, 4) is 0 Å². The summed E-state index contributed by atoms with van der Waals surface area (Å²) < 4.78 is 29.8. The van der Waals surface area contributed by atoms with Crippen molar-refractivity contribution in [3.05, 3.63) is 29.8 Å². The lowest BCUT2D eigenvalue weighted by Gasteiger charge is -2.32. The Morgan fingerprint density at radius 1 is 1.38 bits per heavy atom. The Morgan fingerprint density at radius 2 is 2.05 bits per heavy atom. The van der Waals surface area contributed by atoms with Crippen LogP contribution in [0.5, 0.6) is 0 Å². The molecule has 1 aliphatic heterocycles. The summed E-state index contributed by atoms with van der Waals surface area (Å²) in [6.07, 6.45) is 0. The highest BCUT2D eigenvalue weighted by molar-refractivity contribution is 7.91. The number of benzene rings is 1. The van der Waals surface area contributed by atoms with E-state index in [1.807, 2.05) is 6.92 Å². The van der Waals surface area contributed by atoms with Crippen molar-refractivity contribution >= 4 is 15.8 Å². The smallest absolute Gasteiger partial charge is 0.335 e. The Kier molecular flexibility index (Phi) is 4.97. The summed E-state index contributed by atoms with van der Waals surface area (Å²) in [4.78, 5) is 13.0. The summed E-state index contributed by atoms with van der Waals surface area (Å²) in [6, 6.07) is 5.53. The summed E-state index contributed by atoms with van der Waals surface area (Å²) in [5.74, 6) is -1.05. The molecule has 0 saturated carbocycles. The molecular formula is C14H19NO5S. The quantitative estimate of drug-likeness (QED) is 0.869. The molecule has 21 heavy (non-hydrogen) atoms. The maximum Gasteiger partial charge on any atom is 0.335 e. The lowest BCUT2D eigenvalue weighted by Crippen LogP contribution is -2.45. The van der Waals surface area contributed by atoms with E-state index in [1.165, 1.54) is 24.3 Å². The van der Waals surface area contributed by atoms with E-state index < -0.39 is 15.8 Å². The average Bonchev–Trinajstić information content (AvgIpc) is 2.46. The van der Waals surface area contributed by atoms with Crippen LogP contribution in [-0.4, -0.2) is 62.5 Å². The fraction of sp³-hybridized carbons (Fsp3) is 0.500. The maximum absolute atomic E-state index is 12.3. The first-order valence-electron chi connectivity index (χ1n) is 6.78. The van der Waals surface area contributed by atoms with Gasteiger partial charge in [0.25, 0.3) is 0 Å². The molecule has 7 heteroatoms. The minimum Gasteiger partial charge on any atom is -0.478 e. The van der Waals surface area contributed by atoms with Crippen LogP contribution >= 0.6 is 0 Å². The predicted octanol–water partition coefficient (Wildman–Crippen LogP) is 0.879. The van der Waals surface area contributed by atoms with Gasteiger partial charge in [-0.1, -0.05) is 0 Å². The third-order valence-corrected chi connectivity index (χ3v) is 5.32. The summed E-state index contributed by atoms with van der Waals surface area (Å²) in [5.41, 5.74) is 0.0794. The second-order valence-corrected chi connectivity index (χ2v) is 7.22. The highest BCUT2D eigenvalue weighted by Gasteiger charge is 2.22. The number of carboxylic acids is 1. The van der Waals surface area contributed by atoms with Gasteiger partial charge in [0.15, 0.2) is 9.84 Å². The average molecular weight is 313 g/mol. The molecule has 6 nitrogen and oxygen atoms in total. The lowest BCUT2D eigenvalue weighted by molar-refractivity contribution is 0.00280. The Labute approximate surface area is 124 Å². The zero-order valence-corrected chi connectivity index (χ0v) is 12.7. The molecule has 1 fully saturated rings. The van der Waals surface area contributed by atoms with E-state index in [0.29, 0.717) is 19.8 Å². The SMILES string of the molecule is CC1COCCN1CCS(=O)(=O)c1ccc(C(=O)O)cc1. The van der Waals surface area contributed by atoms with E-state index in [2.05, 4.69) is 4.90 Å². The van der Waals surface area contributed by atoms with Crippen LogP contribution < -0.4 is 0 Å². The van der Waals surface area contributed by atoms with E-state index in [0.717, 1.165) is 6.54 Å². The number of carbonyl (C=O) groups is 1. The van der Waals surface area contributed by atoms with Gasteiger partial charge in [0.05, 0.1) is 29.4 Å². The zero-order valence-electron chi connectivity index (χ0n) is 11.9. The standard InChI is InChI=1S/C14H19NO5S/c1-11-10-20-8-6-15(11)7-9-21(18,19)13-4-2-12(3-5-13)14(16)17/h2-5,11H,6-10H2,1H3,(H,16,17). The first kappa shape index (κ1) is 15.9. The molecule has 0 aromatic heterocycles. The number of rotatable bonds is 5. The van der Waals surface area contributed by atoms with Gasteiger partial charge in [-0.2, -0.15) is 0 Å². The van der Waals surface area contributed by atoms with Gasteiger partial charge in [0.1, 0.15) is 0 Å². The summed E-state index contributed by atoms with van der Waals surface area (Å²) in [6.45, 7) is 4.43. The number of carboxylic acid groups (broad SMARTS) is 1. The monoisotopic (exact) mass is 313 g/mol. The topological polar surface area (TPSA) is 83.9 Å². The van der Waals surface area contributed by atoms with Crippen molar-refractivity contribution in [1.82, 2.24) is 4.90 Å². The summed E-state index contributed by atoms with van der Waals surface area (Å²) in [7, 11) is -3.40. The first-order chi connectivity index (χ1) is 9.90. The number of ether oxygens (including phenoxy) is 1. The fourth-order valence-corrected chi connectivity index (χ4v) is 3.52. The van der Waals surface area contributed by atoms with Crippen molar-refractivity contribution in [1.29, 1.82) is 0 Å². The van der Waals surface area contributed by atoms with Gasteiger partial charge in [0, 0.05) is 19.1 Å². The second-order valence-electron chi connectivity index (χ2n) is 5.11. The molecule has 1 saturated heterocycles. The molecule has 1 unspecified atom stereocenters. The van der Waals surface area contributed by atoms with Crippen LogP contribution in [0.15, 0.2) is 29.2 Å². The number of hydrogen-bond donors (Lipinski definition) is 1. The van der Waals surface area contributed by atoms with Gasteiger partial charge in [-0.3, -0.25) is 4.90 Å². The molecular weight excluding hydrogens is 294 g/mol. The lowest BCUT2D eigenvalue weighted by atomic mass is 10.2. The van der Waals surface area contributed by atoms with Crippen LogP contribution in [0.1, 0.15) is 17.3 Å². The van der Waals surface area contributed by atoms with Crippen LogP contribution in [0.4, 0.5) is 0 Å². The molecule has 0 spiro atoms. The maximum atomic E-state index is 12.3. The Hall–Kier alpha value is -1.44. The van der Waals surface area contributed by atoms with Crippen molar-refractivity contribution in [2.24, 2.45) is 0 Å². The van der Waals surface area contributed by atoms with E-state index in [9.17, 15) is 13.2 Å². The van der Waals surface area contributed by atoms with Gasteiger partial charge < -0.3 is 9.84 Å². The van der Waals surface area contributed by atoms with Gasteiger partial charge >= 0.3 is 5.97 Å². The molecule has 0 amide bonds. The Balaban J connectivity index is 2.02. The molecule has 1 atom stereocenters. The van der Waals surface area contributed by atoms with Gasteiger partial charge in [-0.15, -0.1) is 0 Å². The number of aromatic carboxylic acids is 1. The second kappa shape index (κ2) is 6.55. The van der Waals surface area contributed by atoms with E-state index in [1.54, 1.807) is 0 Å². The van der Waals surface area contributed by atoms with Gasteiger partial charge in [-0.25, -0.2) is 13.2 Å². The van der Waals surface area contributed by atoms with Crippen molar-refractivity contribution in [3.63, 3.8) is 0 Å². The Morgan fingerprint density at radius 3 is 2.62 bits per heavy atom. The molecule has 2 rings (SSSR count). The van der Waals surface area contributed by atoms with E-state index in [4.69, 9.17) is 9.84 Å². The molecule has 0 aliphatic carbocycles. The van der Waals surface area contributed by atoms with Crippen molar-refractivity contribution in [2.45, 2.75) is 17.9 Å².